The molecule has 3 heterocycles. The minimum Gasteiger partial charge on any atom is -0.393 e. The second-order valence-corrected chi connectivity index (χ2v) is 6.50. The Balaban J connectivity index is 1.85. The Morgan fingerprint density at radius 1 is 1.19 bits per heavy atom. The first kappa shape index (κ1) is 14.1. The summed E-state index contributed by atoms with van der Waals surface area (Å²) in [6.07, 6.45) is 5.23. The van der Waals surface area contributed by atoms with Crippen molar-refractivity contribution >= 4 is 33.8 Å². The highest BCUT2D eigenvalue weighted by molar-refractivity contribution is 7.15. The summed E-state index contributed by atoms with van der Waals surface area (Å²) in [6.45, 7) is 6.08. The monoisotopic (exact) mass is 304 g/mol. The van der Waals surface area contributed by atoms with Gasteiger partial charge in [-0.25, -0.2) is 15.0 Å². The Kier molecular flexibility index (Phi) is 3.92. The Bertz CT molecular complexity index is 613. The molecule has 1 saturated heterocycles. The fraction of sp³-hybridized carbons (Fsp3) is 0.500. The number of thiazole rings is 1. The molecule has 1 aliphatic rings. The van der Waals surface area contributed by atoms with E-state index in [2.05, 4.69) is 32.1 Å². The molecule has 6 nitrogen and oxygen atoms in total. The van der Waals surface area contributed by atoms with Crippen molar-refractivity contribution in [3.05, 3.63) is 16.9 Å². The van der Waals surface area contributed by atoms with Crippen LogP contribution in [0.2, 0.25) is 0 Å². The van der Waals surface area contributed by atoms with Crippen molar-refractivity contribution < 1.29 is 0 Å². The van der Waals surface area contributed by atoms with Crippen LogP contribution in [0.25, 0.3) is 0 Å². The van der Waals surface area contributed by atoms with E-state index in [1.807, 2.05) is 6.92 Å². The first-order valence-electron chi connectivity index (χ1n) is 7.21. The molecule has 2 aromatic heterocycles. The lowest BCUT2D eigenvalue weighted by Gasteiger charge is -2.28. The predicted molar refractivity (Wildman–Crippen MR) is 87.4 cm³/mol. The van der Waals surface area contributed by atoms with E-state index in [-0.39, 0.29) is 0 Å². The van der Waals surface area contributed by atoms with Crippen LogP contribution < -0.4 is 16.0 Å². The largest absolute Gasteiger partial charge is 0.393 e. The van der Waals surface area contributed by atoms with E-state index in [0.717, 1.165) is 29.7 Å². The molecule has 1 fully saturated rings. The van der Waals surface area contributed by atoms with Gasteiger partial charge < -0.3 is 16.0 Å². The number of aryl methyl sites for hydroxylation is 2. The average Bonchev–Trinajstić information content (AvgIpc) is 2.80. The summed E-state index contributed by atoms with van der Waals surface area (Å²) in [5, 5.41) is 4.04. The van der Waals surface area contributed by atoms with Gasteiger partial charge in [0.25, 0.3) is 0 Å². The van der Waals surface area contributed by atoms with Crippen molar-refractivity contribution in [3.8, 4) is 0 Å². The quantitative estimate of drug-likeness (QED) is 0.907. The van der Waals surface area contributed by atoms with Crippen molar-refractivity contribution in [2.24, 2.45) is 0 Å². The predicted octanol–water partition coefficient (Wildman–Crippen LogP) is 2.87. The molecule has 7 heteroatoms. The first-order valence-corrected chi connectivity index (χ1v) is 8.03. The summed E-state index contributed by atoms with van der Waals surface area (Å²) < 4.78 is 0. The van der Waals surface area contributed by atoms with Gasteiger partial charge in [0.1, 0.15) is 12.0 Å². The average molecular weight is 304 g/mol. The van der Waals surface area contributed by atoms with E-state index in [1.165, 1.54) is 24.1 Å². The first-order chi connectivity index (χ1) is 10.1. The van der Waals surface area contributed by atoms with E-state index >= 15 is 0 Å². The number of rotatable bonds is 3. The zero-order valence-corrected chi connectivity index (χ0v) is 13.2. The molecule has 0 unspecified atom stereocenters. The van der Waals surface area contributed by atoms with E-state index in [9.17, 15) is 0 Å². The molecule has 0 bridgehead atoms. The summed E-state index contributed by atoms with van der Waals surface area (Å²) in [7, 11) is 0. The molecule has 0 amide bonds. The molecule has 3 rings (SSSR count). The van der Waals surface area contributed by atoms with Crippen molar-refractivity contribution in [1.29, 1.82) is 0 Å². The van der Waals surface area contributed by atoms with E-state index in [4.69, 9.17) is 5.73 Å². The van der Waals surface area contributed by atoms with E-state index < -0.39 is 0 Å². The fourth-order valence-electron chi connectivity index (χ4n) is 2.47. The van der Waals surface area contributed by atoms with Crippen molar-refractivity contribution in [2.75, 3.05) is 29.0 Å². The molecule has 0 spiro atoms. The van der Waals surface area contributed by atoms with Crippen LogP contribution in [0, 0.1) is 13.8 Å². The van der Waals surface area contributed by atoms with Crippen molar-refractivity contribution in [1.82, 2.24) is 15.0 Å². The molecular formula is C14H20N6S. The van der Waals surface area contributed by atoms with Crippen LogP contribution in [-0.4, -0.2) is 28.0 Å². The van der Waals surface area contributed by atoms with Crippen molar-refractivity contribution in [3.63, 3.8) is 0 Å². The van der Waals surface area contributed by atoms with E-state index in [1.54, 1.807) is 17.7 Å². The number of nitrogens with two attached hydrogens (primary N) is 1. The number of hydrogen-bond acceptors (Lipinski definition) is 7. The normalized spacial score (nSPS) is 15.2. The highest BCUT2D eigenvalue weighted by atomic mass is 32.1. The van der Waals surface area contributed by atoms with Gasteiger partial charge in [0.2, 0.25) is 0 Å². The summed E-state index contributed by atoms with van der Waals surface area (Å²) in [5.74, 6) is 1.47. The molecule has 2 aromatic rings. The second-order valence-electron chi connectivity index (χ2n) is 5.29. The molecule has 3 N–H and O–H groups in total. The number of nitrogens with one attached hydrogen (secondary N) is 1. The Morgan fingerprint density at radius 3 is 2.62 bits per heavy atom. The van der Waals surface area contributed by atoms with Crippen LogP contribution in [-0.2, 0) is 0 Å². The maximum Gasteiger partial charge on any atom is 0.188 e. The Labute approximate surface area is 128 Å². The molecule has 0 aliphatic carbocycles. The smallest absolute Gasteiger partial charge is 0.188 e. The minimum atomic E-state index is 0.602. The number of anilines is 4. The number of piperidine rings is 1. The number of nitrogens with zero attached hydrogens (tertiary/aromatic N) is 4. The lowest BCUT2D eigenvalue weighted by Crippen LogP contribution is -2.31. The third-order valence-electron chi connectivity index (χ3n) is 3.77. The van der Waals surface area contributed by atoms with Gasteiger partial charge >= 0.3 is 0 Å². The lowest BCUT2D eigenvalue weighted by atomic mass is 10.1. The molecular weight excluding hydrogens is 284 g/mol. The van der Waals surface area contributed by atoms with Crippen LogP contribution in [0.1, 0.15) is 29.8 Å². The number of nitrogen functional groups attached to an aromatic ring is 1. The van der Waals surface area contributed by atoms with Gasteiger partial charge in [0.05, 0.1) is 5.69 Å². The van der Waals surface area contributed by atoms with Crippen LogP contribution >= 0.6 is 11.3 Å². The summed E-state index contributed by atoms with van der Waals surface area (Å²) in [6, 6.07) is 0. The maximum absolute atomic E-state index is 6.25. The van der Waals surface area contributed by atoms with Gasteiger partial charge in [0.15, 0.2) is 16.8 Å². The second kappa shape index (κ2) is 5.85. The third kappa shape index (κ3) is 2.92. The van der Waals surface area contributed by atoms with Gasteiger partial charge in [0, 0.05) is 18.0 Å². The zero-order chi connectivity index (χ0) is 14.8. The molecule has 0 aromatic carbocycles. The minimum absolute atomic E-state index is 0.602. The SMILES string of the molecule is Cc1nc(Nc2ncnc(N3CCCCC3)c2N)sc1C. The highest BCUT2D eigenvalue weighted by Gasteiger charge is 2.18. The van der Waals surface area contributed by atoms with Gasteiger partial charge in [-0.15, -0.1) is 11.3 Å². The standard InChI is InChI=1S/C14H20N6S/c1-9-10(2)21-14(18-9)19-12-11(15)13(17-8-16-12)20-6-4-3-5-7-20/h8H,3-7,15H2,1-2H3,(H,16,17,18,19). The highest BCUT2D eigenvalue weighted by Crippen LogP contribution is 2.31. The van der Waals surface area contributed by atoms with Crippen molar-refractivity contribution in [2.45, 2.75) is 33.1 Å². The van der Waals surface area contributed by atoms with Gasteiger partial charge in [-0.1, -0.05) is 0 Å². The summed E-state index contributed by atoms with van der Waals surface area (Å²) >= 11 is 1.61. The van der Waals surface area contributed by atoms with Crippen LogP contribution in [0.15, 0.2) is 6.33 Å². The van der Waals surface area contributed by atoms with Gasteiger partial charge in [-0.2, -0.15) is 0 Å². The molecule has 0 radical (unpaired) electrons. The Hall–Kier alpha value is -1.89. The lowest BCUT2D eigenvalue weighted by molar-refractivity contribution is 0.574. The van der Waals surface area contributed by atoms with Crippen LogP contribution in [0.3, 0.4) is 0 Å². The number of aromatic nitrogens is 3. The van der Waals surface area contributed by atoms with Crippen LogP contribution in [0.5, 0.6) is 0 Å². The summed E-state index contributed by atoms with van der Waals surface area (Å²) in [5.41, 5.74) is 7.89. The number of hydrogen-bond donors (Lipinski definition) is 2. The zero-order valence-electron chi connectivity index (χ0n) is 12.4. The molecule has 0 saturated carbocycles. The fourth-order valence-corrected chi connectivity index (χ4v) is 3.28. The Morgan fingerprint density at radius 2 is 1.95 bits per heavy atom. The summed E-state index contributed by atoms with van der Waals surface area (Å²) in [4.78, 5) is 16.5. The molecule has 21 heavy (non-hydrogen) atoms. The van der Waals surface area contributed by atoms with Gasteiger partial charge in [-0.3, -0.25) is 0 Å². The van der Waals surface area contributed by atoms with Crippen LogP contribution in [0.4, 0.5) is 22.5 Å². The van der Waals surface area contributed by atoms with E-state index in [0.29, 0.717) is 11.5 Å². The topological polar surface area (TPSA) is 80.0 Å². The molecule has 0 atom stereocenters. The third-order valence-corrected chi connectivity index (χ3v) is 4.76. The van der Waals surface area contributed by atoms with Gasteiger partial charge in [-0.05, 0) is 33.1 Å². The maximum atomic E-state index is 6.25. The molecule has 112 valence electrons. The molecule has 1 aliphatic heterocycles.